The van der Waals surface area contributed by atoms with E-state index in [0.29, 0.717) is 39.1 Å². The summed E-state index contributed by atoms with van der Waals surface area (Å²) in [5, 5.41) is 11.9. The molecule has 0 radical (unpaired) electrons. The fourth-order valence-electron chi connectivity index (χ4n) is 3.44. The van der Waals surface area contributed by atoms with Crippen molar-refractivity contribution in [1.82, 2.24) is 15.1 Å². The van der Waals surface area contributed by atoms with Crippen molar-refractivity contribution in [2.24, 2.45) is 0 Å². The van der Waals surface area contributed by atoms with E-state index in [2.05, 4.69) is 5.32 Å². The van der Waals surface area contributed by atoms with Gasteiger partial charge in [-0.25, -0.2) is 9.59 Å². The number of carbonyl (C=O) groups is 3. The first-order chi connectivity index (χ1) is 14.5. The van der Waals surface area contributed by atoms with Gasteiger partial charge in [0.2, 0.25) is 5.91 Å². The average molecular weight is 417 g/mol. The molecule has 2 aliphatic heterocycles. The summed E-state index contributed by atoms with van der Waals surface area (Å²) in [6.07, 6.45) is 2.48. The number of rotatable bonds is 5. The van der Waals surface area contributed by atoms with Gasteiger partial charge in [0.15, 0.2) is 0 Å². The van der Waals surface area contributed by atoms with Crippen molar-refractivity contribution in [2.45, 2.75) is 31.6 Å². The van der Waals surface area contributed by atoms with E-state index in [9.17, 15) is 14.4 Å². The first kappa shape index (κ1) is 21.6. The first-order valence-electron chi connectivity index (χ1n) is 10.0. The molecule has 0 saturated carbocycles. The third-order valence-electron chi connectivity index (χ3n) is 5.16. The van der Waals surface area contributed by atoms with Crippen LogP contribution in [0, 0.1) is 0 Å². The molecule has 2 aliphatic rings. The lowest BCUT2D eigenvalue weighted by atomic mass is 10.1. The molecule has 9 heteroatoms. The predicted octanol–water partition coefficient (Wildman–Crippen LogP) is 1.84. The summed E-state index contributed by atoms with van der Waals surface area (Å²) in [7, 11) is 0. The molecule has 2 saturated heterocycles. The molecule has 0 spiro atoms. The maximum absolute atomic E-state index is 12.4. The van der Waals surface area contributed by atoms with Gasteiger partial charge in [-0.3, -0.25) is 4.79 Å². The number of carbonyl (C=O) groups excluding carboxylic acids is 2. The molecule has 9 nitrogen and oxygen atoms in total. The topological polar surface area (TPSA) is 108 Å². The zero-order valence-electron chi connectivity index (χ0n) is 16.7. The van der Waals surface area contributed by atoms with Crippen LogP contribution in [-0.2, 0) is 20.9 Å². The van der Waals surface area contributed by atoms with E-state index in [1.807, 2.05) is 30.3 Å². The highest BCUT2D eigenvalue weighted by Gasteiger charge is 2.25. The Morgan fingerprint density at radius 3 is 2.57 bits per heavy atom. The number of nitrogens with one attached hydrogen (secondary N) is 1. The van der Waals surface area contributed by atoms with Crippen molar-refractivity contribution in [3.8, 4) is 0 Å². The normalized spacial score (nSPS) is 20.2. The van der Waals surface area contributed by atoms with Crippen LogP contribution in [0.4, 0.5) is 9.59 Å². The molecule has 1 unspecified atom stereocenters. The van der Waals surface area contributed by atoms with Crippen molar-refractivity contribution in [2.75, 3.05) is 32.8 Å². The quantitative estimate of drug-likeness (QED) is 0.708. The van der Waals surface area contributed by atoms with Crippen molar-refractivity contribution >= 4 is 18.1 Å². The van der Waals surface area contributed by atoms with Gasteiger partial charge < -0.3 is 29.7 Å². The molecule has 1 atom stereocenters. The number of morpholine rings is 1. The highest BCUT2D eigenvalue weighted by atomic mass is 16.5. The Bertz CT molecular complexity index is 761. The average Bonchev–Trinajstić information content (AvgIpc) is 2.77. The minimum Gasteiger partial charge on any atom is -0.465 e. The Morgan fingerprint density at radius 1 is 1.13 bits per heavy atom. The summed E-state index contributed by atoms with van der Waals surface area (Å²) < 4.78 is 10.7. The molecule has 1 aromatic rings. The summed E-state index contributed by atoms with van der Waals surface area (Å²) in [6.45, 7) is 2.14. The van der Waals surface area contributed by atoms with E-state index in [-0.39, 0.29) is 25.1 Å². The van der Waals surface area contributed by atoms with Crippen molar-refractivity contribution in [1.29, 1.82) is 0 Å². The Kier molecular flexibility index (Phi) is 7.67. The molecule has 3 rings (SSSR count). The molecular formula is C21H27N3O6. The number of benzene rings is 1. The lowest BCUT2D eigenvalue weighted by molar-refractivity contribution is -0.127. The second-order valence-corrected chi connectivity index (χ2v) is 7.30. The highest BCUT2D eigenvalue weighted by Crippen LogP contribution is 2.13. The highest BCUT2D eigenvalue weighted by molar-refractivity contribution is 5.87. The molecule has 30 heavy (non-hydrogen) atoms. The summed E-state index contributed by atoms with van der Waals surface area (Å²) in [5.41, 5.74) is 0.924. The van der Waals surface area contributed by atoms with Gasteiger partial charge in [0.1, 0.15) is 6.61 Å². The van der Waals surface area contributed by atoms with Crippen LogP contribution in [0.3, 0.4) is 0 Å². The van der Waals surface area contributed by atoms with Crippen LogP contribution in [-0.4, -0.2) is 77.9 Å². The summed E-state index contributed by atoms with van der Waals surface area (Å²) in [6, 6.07) is 9.43. The minimum absolute atomic E-state index is 0.0351. The van der Waals surface area contributed by atoms with Crippen LogP contribution in [0.15, 0.2) is 42.5 Å². The maximum atomic E-state index is 12.4. The van der Waals surface area contributed by atoms with Crippen LogP contribution in [0.1, 0.15) is 18.4 Å². The Labute approximate surface area is 175 Å². The van der Waals surface area contributed by atoms with Gasteiger partial charge in [0.05, 0.1) is 19.3 Å². The molecule has 2 fully saturated rings. The van der Waals surface area contributed by atoms with E-state index in [0.717, 1.165) is 5.56 Å². The molecule has 1 aromatic carbocycles. The monoisotopic (exact) mass is 417 g/mol. The molecule has 162 valence electrons. The summed E-state index contributed by atoms with van der Waals surface area (Å²) >= 11 is 0. The number of alkyl carbamates (subject to hydrolysis) is 1. The fourth-order valence-corrected chi connectivity index (χ4v) is 3.44. The first-order valence-corrected chi connectivity index (χ1v) is 10.0. The predicted molar refractivity (Wildman–Crippen MR) is 108 cm³/mol. The van der Waals surface area contributed by atoms with Crippen LogP contribution >= 0.6 is 0 Å². The molecule has 2 N–H and O–H groups in total. The largest absolute Gasteiger partial charge is 0.465 e. The fraction of sp³-hybridized carbons (Fsp3) is 0.476. The lowest BCUT2D eigenvalue weighted by Crippen LogP contribution is -2.46. The third kappa shape index (κ3) is 6.48. The number of carboxylic acid groups (broad SMARTS) is 1. The number of piperidine rings is 1. The van der Waals surface area contributed by atoms with Crippen molar-refractivity contribution < 1.29 is 29.0 Å². The molecular weight excluding hydrogens is 390 g/mol. The van der Waals surface area contributed by atoms with Gasteiger partial charge in [0.25, 0.3) is 0 Å². The zero-order valence-corrected chi connectivity index (χ0v) is 16.7. The lowest BCUT2D eigenvalue weighted by Gasteiger charge is -2.32. The van der Waals surface area contributed by atoms with Crippen LogP contribution in [0.2, 0.25) is 0 Å². The van der Waals surface area contributed by atoms with Crippen LogP contribution < -0.4 is 5.32 Å². The van der Waals surface area contributed by atoms with Crippen molar-refractivity contribution in [3.63, 3.8) is 0 Å². The summed E-state index contributed by atoms with van der Waals surface area (Å²) in [4.78, 5) is 38.4. The van der Waals surface area contributed by atoms with Gasteiger partial charge in [-0.2, -0.15) is 0 Å². The zero-order chi connectivity index (χ0) is 21.3. The Hall–Kier alpha value is -3.07. The second kappa shape index (κ2) is 10.6. The van der Waals surface area contributed by atoms with Crippen LogP contribution in [0.25, 0.3) is 0 Å². The van der Waals surface area contributed by atoms with Gasteiger partial charge in [-0.05, 0) is 24.5 Å². The standard InChI is InChI=1S/C21H27N3O6/c25-19(7-6-18-14-24(21(27)28)12-13-29-18)23-10-8-17(9-11-23)22-20(26)30-15-16-4-2-1-3-5-16/h1-7,17-18H,8-15H2,(H,22,26)(H,27,28)/b7-6+. The third-order valence-corrected chi connectivity index (χ3v) is 5.16. The van der Waals surface area contributed by atoms with Crippen molar-refractivity contribution in [3.05, 3.63) is 48.0 Å². The molecule has 0 aliphatic carbocycles. The number of ether oxygens (including phenoxy) is 2. The summed E-state index contributed by atoms with van der Waals surface area (Å²) in [5.74, 6) is -0.142. The van der Waals surface area contributed by atoms with E-state index in [4.69, 9.17) is 14.6 Å². The van der Waals surface area contributed by atoms with E-state index in [1.54, 1.807) is 11.0 Å². The van der Waals surface area contributed by atoms with E-state index >= 15 is 0 Å². The number of nitrogens with zero attached hydrogens (tertiary/aromatic N) is 2. The van der Waals surface area contributed by atoms with Gasteiger partial charge in [0, 0.05) is 31.8 Å². The number of hydrogen-bond donors (Lipinski definition) is 2. The minimum atomic E-state index is -0.986. The van der Waals surface area contributed by atoms with Gasteiger partial charge in [-0.1, -0.05) is 30.3 Å². The molecule has 3 amide bonds. The van der Waals surface area contributed by atoms with Gasteiger partial charge >= 0.3 is 12.2 Å². The van der Waals surface area contributed by atoms with Crippen LogP contribution in [0.5, 0.6) is 0 Å². The maximum Gasteiger partial charge on any atom is 0.407 e. The molecule has 0 aromatic heterocycles. The molecule has 2 heterocycles. The molecule has 0 bridgehead atoms. The van der Waals surface area contributed by atoms with E-state index < -0.39 is 18.3 Å². The Morgan fingerprint density at radius 2 is 1.87 bits per heavy atom. The van der Waals surface area contributed by atoms with E-state index in [1.165, 1.54) is 11.0 Å². The number of amides is 3. The number of likely N-dealkylation sites (tertiary alicyclic amines) is 1. The second-order valence-electron chi connectivity index (χ2n) is 7.30. The van der Waals surface area contributed by atoms with Gasteiger partial charge in [-0.15, -0.1) is 0 Å². The SMILES string of the molecule is O=C(NC1CCN(C(=O)/C=C/C2CN(C(=O)O)CCO2)CC1)OCc1ccccc1. The Balaban J connectivity index is 1.36. The smallest absolute Gasteiger partial charge is 0.407 e. The number of hydrogen-bond acceptors (Lipinski definition) is 5.